The number of nitrogens with one attached hydrogen (secondary N) is 1. The van der Waals surface area contributed by atoms with Crippen LogP contribution in [-0.2, 0) is 6.42 Å². The summed E-state index contributed by atoms with van der Waals surface area (Å²) in [5.41, 5.74) is 0.398. The van der Waals surface area contributed by atoms with Crippen LogP contribution in [0.4, 0.5) is 0 Å². The molecule has 0 aliphatic rings. The Balaban J connectivity index is 2.35. The van der Waals surface area contributed by atoms with E-state index in [4.69, 9.17) is 5.11 Å². The molecule has 0 aliphatic heterocycles. The monoisotopic (exact) mass is 265 g/mol. The highest BCUT2D eigenvalue weighted by Crippen LogP contribution is 2.20. The van der Waals surface area contributed by atoms with Gasteiger partial charge in [-0.2, -0.15) is 0 Å². The third-order valence-corrected chi connectivity index (χ3v) is 3.03. The first kappa shape index (κ1) is 15.6. The topological polar surface area (TPSA) is 75.1 Å². The smallest absolute Gasteiger partial charge is 0.254 e. The van der Waals surface area contributed by atoms with Crippen molar-refractivity contribution in [1.29, 1.82) is 0 Å². The molecule has 1 rings (SSSR count). The van der Waals surface area contributed by atoms with Gasteiger partial charge in [-0.05, 0) is 18.3 Å². The first-order valence-corrected chi connectivity index (χ1v) is 6.68. The molecule has 106 valence electrons. The fourth-order valence-electron chi connectivity index (χ4n) is 1.60. The molecule has 0 bridgehead atoms. The highest BCUT2D eigenvalue weighted by Gasteiger charge is 2.15. The van der Waals surface area contributed by atoms with Gasteiger partial charge in [0.25, 0.3) is 5.91 Å². The van der Waals surface area contributed by atoms with Gasteiger partial charge in [0.2, 0.25) is 0 Å². The Morgan fingerprint density at radius 1 is 1.37 bits per heavy atom. The number of rotatable bonds is 7. The maximum absolute atomic E-state index is 11.8. The highest BCUT2D eigenvalue weighted by molar-refractivity contribution is 5.93. The summed E-state index contributed by atoms with van der Waals surface area (Å²) in [5, 5.41) is 12.0. The number of hydrogen-bond acceptors (Lipinski definition) is 4. The Bertz CT molecular complexity index is 402. The molecule has 2 N–H and O–H groups in total. The summed E-state index contributed by atoms with van der Waals surface area (Å²) in [5.74, 6) is 0.589. The van der Waals surface area contributed by atoms with E-state index in [2.05, 4.69) is 15.3 Å². The number of carbonyl (C=O) groups excluding carboxylic acids is 1. The molecule has 0 unspecified atom stereocenters. The number of amides is 1. The maximum atomic E-state index is 11.8. The van der Waals surface area contributed by atoms with Crippen molar-refractivity contribution in [1.82, 2.24) is 15.3 Å². The summed E-state index contributed by atoms with van der Waals surface area (Å²) in [6, 6.07) is 0. The van der Waals surface area contributed by atoms with Gasteiger partial charge in [0.1, 0.15) is 5.82 Å². The second kappa shape index (κ2) is 7.19. The Morgan fingerprint density at radius 2 is 2.00 bits per heavy atom. The predicted octanol–water partition coefficient (Wildman–Crippen LogP) is 1.57. The first-order chi connectivity index (χ1) is 8.98. The Kier molecular flexibility index (Phi) is 5.89. The molecule has 1 heterocycles. The quantitative estimate of drug-likeness (QED) is 0.734. The molecule has 1 aromatic heterocycles. The van der Waals surface area contributed by atoms with Gasteiger partial charge in [0.15, 0.2) is 0 Å². The van der Waals surface area contributed by atoms with Crippen molar-refractivity contribution >= 4 is 5.91 Å². The van der Waals surface area contributed by atoms with E-state index in [1.807, 2.05) is 20.8 Å². The van der Waals surface area contributed by atoms with Gasteiger partial charge in [0.05, 0.1) is 5.56 Å². The average molecular weight is 265 g/mol. The van der Waals surface area contributed by atoms with Crippen molar-refractivity contribution in [2.24, 2.45) is 5.41 Å². The van der Waals surface area contributed by atoms with Crippen LogP contribution in [0.25, 0.3) is 0 Å². The molecule has 0 radical (unpaired) electrons. The molecule has 0 atom stereocenters. The zero-order valence-electron chi connectivity index (χ0n) is 11.9. The minimum atomic E-state index is -0.149. The third-order valence-electron chi connectivity index (χ3n) is 3.03. The molecule has 0 spiro atoms. The van der Waals surface area contributed by atoms with Crippen LogP contribution in [0.15, 0.2) is 12.4 Å². The molecule has 5 nitrogen and oxygen atoms in total. The van der Waals surface area contributed by atoms with Gasteiger partial charge < -0.3 is 10.4 Å². The fourth-order valence-corrected chi connectivity index (χ4v) is 1.60. The number of aryl methyl sites for hydroxylation is 1. The summed E-state index contributed by atoms with van der Waals surface area (Å²) in [6.07, 6.45) is 5.58. The number of aliphatic hydroxyl groups is 1. The molecule has 0 saturated heterocycles. The van der Waals surface area contributed by atoms with Crippen molar-refractivity contribution in [3.8, 4) is 0 Å². The van der Waals surface area contributed by atoms with E-state index in [1.165, 1.54) is 0 Å². The molecule has 19 heavy (non-hydrogen) atoms. The minimum Gasteiger partial charge on any atom is -0.396 e. The van der Waals surface area contributed by atoms with Crippen LogP contribution in [0.5, 0.6) is 0 Å². The second-order valence-electron chi connectivity index (χ2n) is 5.42. The third kappa shape index (κ3) is 5.34. The van der Waals surface area contributed by atoms with Crippen LogP contribution in [0.1, 0.15) is 49.8 Å². The van der Waals surface area contributed by atoms with Crippen LogP contribution in [0.2, 0.25) is 0 Å². The standard InChI is InChI=1S/C14H23N3O2/c1-4-12-16-8-11(9-17-12)13(19)15-7-5-6-14(2,3)10-18/h8-9,18H,4-7,10H2,1-3H3,(H,15,19). The van der Waals surface area contributed by atoms with E-state index < -0.39 is 0 Å². The molecule has 5 heteroatoms. The number of nitrogens with zero attached hydrogens (tertiary/aromatic N) is 2. The molecule has 1 aromatic rings. The summed E-state index contributed by atoms with van der Waals surface area (Å²) in [7, 11) is 0. The number of carbonyl (C=O) groups is 1. The van der Waals surface area contributed by atoms with Gasteiger partial charge in [-0.25, -0.2) is 9.97 Å². The normalized spacial score (nSPS) is 11.4. The summed E-state index contributed by atoms with van der Waals surface area (Å²) < 4.78 is 0. The van der Waals surface area contributed by atoms with Gasteiger partial charge >= 0.3 is 0 Å². The van der Waals surface area contributed by atoms with E-state index in [-0.39, 0.29) is 17.9 Å². The summed E-state index contributed by atoms with van der Waals surface area (Å²) >= 11 is 0. The molecule has 0 aromatic carbocycles. The second-order valence-corrected chi connectivity index (χ2v) is 5.42. The van der Waals surface area contributed by atoms with Crippen LogP contribution in [0.3, 0.4) is 0 Å². The Morgan fingerprint density at radius 3 is 2.53 bits per heavy atom. The molecule has 1 amide bonds. The average Bonchev–Trinajstić information content (AvgIpc) is 2.43. The summed E-state index contributed by atoms with van der Waals surface area (Å²) in [6.45, 7) is 6.74. The largest absolute Gasteiger partial charge is 0.396 e. The lowest BCUT2D eigenvalue weighted by Gasteiger charge is -2.21. The molecule has 0 aliphatic carbocycles. The van der Waals surface area contributed by atoms with E-state index in [1.54, 1.807) is 12.4 Å². The van der Waals surface area contributed by atoms with E-state index in [0.717, 1.165) is 25.1 Å². The lowest BCUT2D eigenvalue weighted by molar-refractivity contribution is 0.0947. The van der Waals surface area contributed by atoms with Crippen molar-refractivity contribution in [2.75, 3.05) is 13.2 Å². The summed E-state index contributed by atoms with van der Waals surface area (Å²) in [4.78, 5) is 20.0. The first-order valence-electron chi connectivity index (χ1n) is 6.68. The van der Waals surface area contributed by atoms with Crippen LogP contribution < -0.4 is 5.32 Å². The van der Waals surface area contributed by atoms with Crippen molar-refractivity contribution in [2.45, 2.75) is 40.0 Å². The van der Waals surface area contributed by atoms with Gasteiger partial charge in [-0.15, -0.1) is 0 Å². The van der Waals surface area contributed by atoms with Crippen molar-refractivity contribution < 1.29 is 9.90 Å². The molecule has 0 fully saturated rings. The van der Waals surface area contributed by atoms with E-state index in [0.29, 0.717) is 12.1 Å². The van der Waals surface area contributed by atoms with E-state index >= 15 is 0 Å². The molecule has 0 saturated carbocycles. The zero-order chi connectivity index (χ0) is 14.3. The highest BCUT2D eigenvalue weighted by atomic mass is 16.3. The van der Waals surface area contributed by atoms with E-state index in [9.17, 15) is 4.79 Å². The molecular weight excluding hydrogens is 242 g/mol. The van der Waals surface area contributed by atoms with Gasteiger partial charge in [-0.1, -0.05) is 20.8 Å². The zero-order valence-corrected chi connectivity index (χ0v) is 11.9. The SMILES string of the molecule is CCc1ncc(C(=O)NCCCC(C)(C)CO)cn1. The van der Waals surface area contributed by atoms with Gasteiger partial charge in [0, 0.05) is 32.0 Å². The Hall–Kier alpha value is -1.49. The van der Waals surface area contributed by atoms with Crippen molar-refractivity contribution in [3.63, 3.8) is 0 Å². The van der Waals surface area contributed by atoms with Gasteiger partial charge in [-0.3, -0.25) is 4.79 Å². The molecular formula is C14H23N3O2. The number of aromatic nitrogens is 2. The number of hydrogen-bond donors (Lipinski definition) is 2. The number of aliphatic hydroxyl groups excluding tert-OH is 1. The Labute approximate surface area is 114 Å². The van der Waals surface area contributed by atoms with Crippen molar-refractivity contribution in [3.05, 3.63) is 23.8 Å². The lowest BCUT2D eigenvalue weighted by Crippen LogP contribution is -2.26. The fraction of sp³-hybridized carbons (Fsp3) is 0.643. The maximum Gasteiger partial charge on any atom is 0.254 e. The van der Waals surface area contributed by atoms with Crippen LogP contribution >= 0.6 is 0 Å². The predicted molar refractivity (Wildman–Crippen MR) is 73.8 cm³/mol. The van der Waals surface area contributed by atoms with Crippen LogP contribution in [-0.4, -0.2) is 34.1 Å². The minimum absolute atomic E-state index is 0.0867. The van der Waals surface area contributed by atoms with Crippen LogP contribution in [0, 0.1) is 5.41 Å². The lowest BCUT2D eigenvalue weighted by atomic mass is 9.89.